The molecule has 9 heteroatoms. The van der Waals surface area contributed by atoms with Gasteiger partial charge < -0.3 is 31.3 Å². The third-order valence-electron chi connectivity index (χ3n) is 6.53. The Morgan fingerprint density at radius 2 is 2.11 bits per heavy atom. The lowest BCUT2D eigenvalue weighted by Crippen LogP contribution is -2.73. The van der Waals surface area contributed by atoms with E-state index >= 15 is 0 Å². The maximum Gasteiger partial charge on any atom is 0.251 e. The Hall–Kier alpha value is -2.81. The fraction of sp³-hybridized carbons (Fsp3) is 0.526. The summed E-state index contributed by atoms with van der Waals surface area (Å²) < 4.78 is 0. The summed E-state index contributed by atoms with van der Waals surface area (Å²) in [7, 11) is 0. The molecule has 28 heavy (non-hydrogen) atoms. The van der Waals surface area contributed by atoms with E-state index in [2.05, 4.69) is 27.3 Å². The summed E-state index contributed by atoms with van der Waals surface area (Å²) in [6.07, 6.45) is 3.18. The fourth-order valence-electron chi connectivity index (χ4n) is 5.20. The van der Waals surface area contributed by atoms with E-state index in [1.165, 1.54) is 5.56 Å². The van der Waals surface area contributed by atoms with E-state index < -0.39 is 17.8 Å². The largest absolute Gasteiger partial charge is 0.386 e. The molecule has 4 aliphatic rings. The van der Waals surface area contributed by atoms with Gasteiger partial charge in [-0.1, -0.05) is 12.1 Å². The minimum absolute atomic E-state index is 0.120. The zero-order chi connectivity index (χ0) is 19.5. The number of hydrogen-bond donors (Lipinski definition) is 7. The number of benzene rings is 1. The van der Waals surface area contributed by atoms with Crippen LogP contribution < -0.4 is 21.3 Å². The lowest BCUT2D eigenvalue weighted by atomic mass is 9.88. The second-order valence-corrected chi connectivity index (χ2v) is 8.04. The molecule has 7 N–H and O–H groups in total. The van der Waals surface area contributed by atoms with Gasteiger partial charge >= 0.3 is 0 Å². The Kier molecular flexibility index (Phi) is 3.77. The van der Waals surface area contributed by atoms with Crippen LogP contribution in [0.1, 0.15) is 34.3 Å². The minimum atomic E-state index is -0.993. The van der Waals surface area contributed by atoms with Crippen molar-refractivity contribution in [3.63, 3.8) is 0 Å². The molecule has 0 radical (unpaired) electrons. The quantitative estimate of drug-likeness (QED) is 0.353. The van der Waals surface area contributed by atoms with Gasteiger partial charge in [-0.05, 0) is 42.9 Å². The van der Waals surface area contributed by atoms with Crippen molar-refractivity contribution in [2.24, 2.45) is 0 Å². The van der Waals surface area contributed by atoms with Gasteiger partial charge in [0.25, 0.3) is 5.91 Å². The van der Waals surface area contributed by atoms with E-state index in [9.17, 15) is 9.90 Å². The molecule has 148 valence electrons. The molecule has 0 bridgehead atoms. The summed E-state index contributed by atoms with van der Waals surface area (Å²) >= 11 is 0. The number of aliphatic hydroxyl groups excluding tert-OH is 1. The smallest absolute Gasteiger partial charge is 0.251 e. The molecule has 3 fully saturated rings. The van der Waals surface area contributed by atoms with Crippen LogP contribution in [0.4, 0.5) is 0 Å². The first-order valence-corrected chi connectivity index (χ1v) is 9.83. The van der Waals surface area contributed by atoms with E-state index in [1.54, 1.807) is 4.90 Å². The highest BCUT2D eigenvalue weighted by Crippen LogP contribution is 2.35. The van der Waals surface area contributed by atoms with E-state index in [4.69, 9.17) is 10.8 Å². The number of nitrogens with one attached hydrogen (secondary N) is 6. The maximum atomic E-state index is 13.1. The molecule has 1 spiro atoms. The molecule has 1 aliphatic carbocycles. The standard InChI is InChI=1S/C19H25N7O2/c20-17-24-14-8-22-18(21)26-9-13(15(27)19(14,26)25-17)23-16(28)12-7-3-5-10-4-1-2-6-11(10)12/h3,5,7,13-15,27H,1-2,4,6,8-9H2,(H2,21,22)(H,23,28)(H3,20,24,25)/t13-,14?,15?,19-/m0/s1. The lowest BCUT2D eigenvalue weighted by molar-refractivity contribution is 0.0173. The van der Waals surface area contributed by atoms with E-state index in [0.717, 1.165) is 31.2 Å². The number of fused-ring (bicyclic) bond motifs is 1. The predicted octanol–water partition coefficient (Wildman–Crippen LogP) is -0.929. The van der Waals surface area contributed by atoms with Gasteiger partial charge in [0.05, 0.1) is 12.1 Å². The van der Waals surface area contributed by atoms with Gasteiger partial charge in [-0.25, -0.2) is 0 Å². The van der Waals surface area contributed by atoms with Crippen molar-refractivity contribution in [1.29, 1.82) is 10.8 Å². The molecule has 1 aromatic carbocycles. The summed E-state index contributed by atoms with van der Waals surface area (Å²) in [5.41, 5.74) is 2.04. The Labute approximate surface area is 162 Å². The number of hydrogen-bond acceptors (Lipinski definition) is 4. The maximum absolute atomic E-state index is 13.1. The molecule has 3 saturated heterocycles. The first-order chi connectivity index (χ1) is 13.5. The van der Waals surface area contributed by atoms with Crippen molar-refractivity contribution in [1.82, 2.24) is 26.2 Å². The molecule has 0 saturated carbocycles. The van der Waals surface area contributed by atoms with Gasteiger partial charge in [-0.15, -0.1) is 0 Å². The van der Waals surface area contributed by atoms with Crippen LogP contribution in [0.25, 0.3) is 0 Å². The van der Waals surface area contributed by atoms with Gasteiger partial charge in [0.15, 0.2) is 17.6 Å². The normalized spacial score (nSPS) is 33.2. The second-order valence-electron chi connectivity index (χ2n) is 8.04. The molecule has 5 rings (SSSR count). The van der Waals surface area contributed by atoms with Crippen molar-refractivity contribution < 1.29 is 9.90 Å². The van der Waals surface area contributed by atoms with Gasteiger partial charge in [-0.3, -0.25) is 15.6 Å². The number of carbonyl (C=O) groups excluding carboxylic acids is 1. The number of amides is 1. The van der Waals surface area contributed by atoms with Gasteiger partial charge in [0, 0.05) is 18.7 Å². The van der Waals surface area contributed by atoms with E-state index in [-0.39, 0.29) is 23.9 Å². The van der Waals surface area contributed by atoms with Gasteiger partial charge in [-0.2, -0.15) is 0 Å². The zero-order valence-electron chi connectivity index (χ0n) is 15.5. The summed E-state index contributed by atoms with van der Waals surface area (Å²) in [4.78, 5) is 14.8. The molecule has 4 atom stereocenters. The van der Waals surface area contributed by atoms with Crippen molar-refractivity contribution in [3.8, 4) is 0 Å². The topological polar surface area (TPSA) is 136 Å². The highest BCUT2D eigenvalue weighted by molar-refractivity contribution is 5.96. The Balaban J connectivity index is 1.42. The third kappa shape index (κ3) is 2.32. The molecule has 2 unspecified atom stereocenters. The number of carbonyl (C=O) groups is 1. The molecule has 9 nitrogen and oxygen atoms in total. The van der Waals surface area contributed by atoms with Crippen LogP contribution in [0.15, 0.2) is 18.2 Å². The van der Waals surface area contributed by atoms with Crippen LogP contribution in [0.2, 0.25) is 0 Å². The molecule has 3 heterocycles. The molecular formula is C19H25N7O2. The van der Waals surface area contributed by atoms with Crippen LogP contribution in [0.5, 0.6) is 0 Å². The molecule has 0 aromatic heterocycles. The summed E-state index contributed by atoms with van der Waals surface area (Å²) in [6.45, 7) is 0.723. The number of aliphatic hydroxyl groups is 1. The van der Waals surface area contributed by atoms with Crippen LogP contribution in [-0.2, 0) is 12.8 Å². The van der Waals surface area contributed by atoms with Crippen molar-refractivity contribution >= 4 is 17.8 Å². The number of aryl methyl sites for hydroxylation is 1. The lowest BCUT2D eigenvalue weighted by Gasteiger charge is -2.45. The van der Waals surface area contributed by atoms with Gasteiger partial charge in [0.2, 0.25) is 0 Å². The number of rotatable bonds is 2. The Bertz CT molecular complexity index is 872. The zero-order valence-corrected chi connectivity index (χ0v) is 15.5. The Morgan fingerprint density at radius 1 is 1.29 bits per heavy atom. The van der Waals surface area contributed by atoms with Crippen LogP contribution in [0, 0.1) is 10.8 Å². The average molecular weight is 383 g/mol. The SMILES string of the molecule is N=C1NC2CNC(=N)N3C[C@H](NC(=O)c4cccc5c4CCCC5)C(O)[C@]23N1. The highest BCUT2D eigenvalue weighted by Gasteiger charge is 2.64. The van der Waals surface area contributed by atoms with Crippen LogP contribution >= 0.6 is 0 Å². The predicted molar refractivity (Wildman–Crippen MR) is 103 cm³/mol. The van der Waals surface area contributed by atoms with Crippen molar-refractivity contribution in [2.45, 2.75) is 49.5 Å². The van der Waals surface area contributed by atoms with E-state index in [0.29, 0.717) is 18.7 Å². The first kappa shape index (κ1) is 17.3. The van der Waals surface area contributed by atoms with Crippen molar-refractivity contribution in [2.75, 3.05) is 13.1 Å². The van der Waals surface area contributed by atoms with Crippen LogP contribution in [0.3, 0.4) is 0 Å². The number of guanidine groups is 2. The summed E-state index contributed by atoms with van der Waals surface area (Å²) in [5.74, 6) is 0.124. The monoisotopic (exact) mass is 383 g/mol. The van der Waals surface area contributed by atoms with Crippen molar-refractivity contribution in [3.05, 3.63) is 34.9 Å². The van der Waals surface area contributed by atoms with E-state index in [1.807, 2.05) is 12.1 Å². The third-order valence-corrected chi connectivity index (χ3v) is 6.53. The summed E-state index contributed by atoms with van der Waals surface area (Å²) in [5, 5.41) is 39.3. The molecule has 1 aromatic rings. The molecule has 3 aliphatic heterocycles. The second kappa shape index (κ2) is 6.10. The van der Waals surface area contributed by atoms with Gasteiger partial charge in [0.1, 0.15) is 6.10 Å². The molecule has 1 amide bonds. The minimum Gasteiger partial charge on any atom is -0.386 e. The average Bonchev–Trinajstić information content (AvgIpc) is 3.18. The summed E-state index contributed by atoms with van der Waals surface area (Å²) in [6, 6.07) is 5.05. The van der Waals surface area contributed by atoms with Crippen LogP contribution in [-0.4, -0.2) is 64.8 Å². The fourth-order valence-corrected chi connectivity index (χ4v) is 5.20. The Morgan fingerprint density at radius 3 is 2.96 bits per heavy atom. The first-order valence-electron chi connectivity index (χ1n) is 9.83. The number of nitrogens with zero attached hydrogens (tertiary/aromatic N) is 1. The highest BCUT2D eigenvalue weighted by atomic mass is 16.3. The molecular weight excluding hydrogens is 358 g/mol.